The average Bonchev–Trinajstić information content (AvgIpc) is 2.03. The third kappa shape index (κ3) is 2.13. The van der Waals surface area contributed by atoms with Crippen LogP contribution in [0.1, 0.15) is 17.6 Å². The van der Waals surface area contributed by atoms with Gasteiger partial charge in [0.1, 0.15) is 10.4 Å². The van der Waals surface area contributed by atoms with Crippen molar-refractivity contribution in [3.8, 4) is 0 Å². The van der Waals surface area contributed by atoms with Gasteiger partial charge in [-0.15, -0.1) is 0 Å². The fourth-order valence-corrected chi connectivity index (χ4v) is 1.36. The molecule has 1 heterocycles. The second-order valence-corrected chi connectivity index (χ2v) is 3.17. The lowest BCUT2D eigenvalue weighted by molar-refractivity contribution is 0.150. The van der Waals surface area contributed by atoms with Crippen LogP contribution in [-0.4, -0.2) is 4.98 Å². The number of nitrogens with two attached hydrogens (primary N) is 2. The molecule has 1 aromatic rings. The van der Waals surface area contributed by atoms with E-state index in [9.17, 15) is 8.78 Å². The van der Waals surface area contributed by atoms with Gasteiger partial charge in [-0.3, -0.25) is 0 Å². The minimum absolute atomic E-state index is 0.0669. The molecule has 0 radical (unpaired) electrons. The number of hydrogen-bond acceptors (Lipinski definition) is 3. The SMILES string of the molecule is NCc1cc(C(F)F)c(Br)nc1N. The number of nitrogens with zero attached hydrogens (tertiary/aromatic N) is 1. The van der Waals surface area contributed by atoms with E-state index < -0.39 is 6.43 Å². The lowest BCUT2D eigenvalue weighted by Crippen LogP contribution is -2.06. The molecule has 0 amide bonds. The molecule has 0 spiro atoms. The van der Waals surface area contributed by atoms with Crippen LogP contribution in [0.4, 0.5) is 14.6 Å². The highest BCUT2D eigenvalue weighted by Gasteiger charge is 2.14. The van der Waals surface area contributed by atoms with Crippen LogP contribution < -0.4 is 11.5 Å². The first-order valence-corrected chi connectivity index (χ1v) is 4.28. The van der Waals surface area contributed by atoms with Crippen molar-refractivity contribution in [2.45, 2.75) is 13.0 Å². The molecule has 0 unspecified atom stereocenters. The van der Waals surface area contributed by atoms with Crippen LogP contribution in [0.15, 0.2) is 10.7 Å². The standard InChI is InChI=1S/C7H8BrF2N3/c8-5-4(6(9)10)1-3(2-11)7(12)13-5/h1,6H,2,11H2,(H2,12,13). The van der Waals surface area contributed by atoms with E-state index >= 15 is 0 Å². The van der Waals surface area contributed by atoms with Gasteiger partial charge in [0, 0.05) is 12.1 Å². The molecular weight excluding hydrogens is 244 g/mol. The molecule has 0 aliphatic carbocycles. The molecule has 3 nitrogen and oxygen atoms in total. The normalized spacial score (nSPS) is 10.8. The number of alkyl halides is 2. The zero-order chi connectivity index (χ0) is 10.0. The number of nitrogen functional groups attached to an aromatic ring is 1. The number of rotatable bonds is 2. The van der Waals surface area contributed by atoms with E-state index in [0.29, 0.717) is 5.56 Å². The first-order chi connectivity index (χ1) is 6.06. The molecule has 4 N–H and O–H groups in total. The molecule has 13 heavy (non-hydrogen) atoms. The molecule has 6 heteroatoms. The highest BCUT2D eigenvalue weighted by Crippen LogP contribution is 2.28. The number of hydrogen-bond donors (Lipinski definition) is 2. The highest BCUT2D eigenvalue weighted by molar-refractivity contribution is 9.10. The number of aromatic nitrogens is 1. The molecule has 0 bridgehead atoms. The Morgan fingerprint density at radius 1 is 1.54 bits per heavy atom. The second kappa shape index (κ2) is 3.97. The Labute approximate surface area is 82.3 Å². The van der Waals surface area contributed by atoms with Crippen molar-refractivity contribution in [1.29, 1.82) is 0 Å². The van der Waals surface area contributed by atoms with Crippen molar-refractivity contribution in [2.24, 2.45) is 5.73 Å². The lowest BCUT2D eigenvalue weighted by Gasteiger charge is -2.07. The Hall–Kier alpha value is -0.750. The summed E-state index contributed by atoms with van der Waals surface area (Å²) in [5.41, 5.74) is 11.0. The summed E-state index contributed by atoms with van der Waals surface area (Å²) in [6.07, 6.45) is -2.58. The van der Waals surface area contributed by atoms with Gasteiger partial charge in [0.25, 0.3) is 6.43 Å². The van der Waals surface area contributed by atoms with Crippen molar-refractivity contribution in [3.05, 3.63) is 21.8 Å². The fourth-order valence-electron chi connectivity index (χ4n) is 0.880. The van der Waals surface area contributed by atoms with Crippen molar-refractivity contribution in [2.75, 3.05) is 5.73 Å². The van der Waals surface area contributed by atoms with Gasteiger partial charge < -0.3 is 11.5 Å². The summed E-state index contributed by atoms with van der Waals surface area (Å²) in [4.78, 5) is 3.70. The first kappa shape index (κ1) is 10.3. The summed E-state index contributed by atoms with van der Waals surface area (Å²) in [5, 5.41) is 0. The Kier molecular flexibility index (Phi) is 3.16. The molecule has 0 saturated heterocycles. The van der Waals surface area contributed by atoms with Crippen LogP contribution in [0.2, 0.25) is 0 Å². The molecule has 0 aliphatic rings. The Balaban J connectivity index is 3.22. The van der Waals surface area contributed by atoms with Crippen molar-refractivity contribution >= 4 is 21.7 Å². The lowest BCUT2D eigenvalue weighted by atomic mass is 10.2. The Morgan fingerprint density at radius 2 is 2.15 bits per heavy atom. The van der Waals surface area contributed by atoms with Crippen LogP contribution in [0.3, 0.4) is 0 Å². The highest BCUT2D eigenvalue weighted by atomic mass is 79.9. The molecule has 0 fully saturated rings. The van der Waals surface area contributed by atoms with Gasteiger partial charge in [0.15, 0.2) is 0 Å². The zero-order valence-corrected chi connectivity index (χ0v) is 8.18. The van der Waals surface area contributed by atoms with E-state index in [1.165, 1.54) is 6.07 Å². The van der Waals surface area contributed by atoms with Crippen LogP contribution in [-0.2, 0) is 6.54 Å². The molecule has 72 valence electrons. The van der Waals surface area contributed by atoms with Crippen LogP contribution in [0.25, 0.3) is 0 Å². The minimum atomic E-state index is -2.58. The van der Waals surface area contributed by atoms with E-state index in [0.717, 1.165) is 0 Å². The summed E-state index contributed by atoms with van der Waals surface area (Å²) in [5.74, 6) is 0.179. The van der Waals surface area contributed by atoms with E-state index in [1.807, 2.05) is 0 Å². The summed E-state index contributed by atoms with van der Waals surface area (Å²) in [7, 11) is 0. The number of anilines is 1. The van der Waals surface area contributed by atoms with E-state index in [1.54, 1.807) is 0 Å². The van der Waals surface area contributed by atoms with Gasteiger partial charge in [-0.1, -0.05) is 0 Å². The van der Waals surface area contributed by atoms with Gasteiger partial charge in [-0.05, 0) is 22.0 Å². The van der Waals surface area contributed by atoms with Crippen LogP contribution in [0, 0.1) is 0 Å². The molecular formula is C7H8BrF2N3. The molecule has 0 aromatic carbocycles. The monoisotopic (exact) mass is 251 g/mol. The minimum Gasteiger partial charge on any atom is -0.383 e. The van der Waals surface area contributed by atoms with E-state index in [2.05, 4.69) is 20.9 Å². The topological polar surface area (TPSA) is 64.9 Å². The Morgan fingerprint density at radius 3 is 2.62 bits per heavy atom. The van der Waals surface area contributed by atoms with Crippen molar-refractivity contribution in [1.82, 2.24) is 4.98 Å². The first-order valence-electron chi connectivity index (χ1n) is 3.49. The average molecular weight is 252 g/mol. The van der Waals surface area contributed by atoms with Gasteiger partial charge in [-0.25, -0.2) is 13.8 Å². The quantitative estimate of drug-likeness (QED) is 0.789. The molecule has 0 saturated carbocycles. The smallest absolute Gasteiger partial charge is 0.266 e. The van der Waals surface area contributed by atoms with Crippen molar-refractivity contribution < 1.29 is 8.78 Å². The molecule has 0 atom stereocenters. The maximum atomic E-state index is 12.3. The zero-order valence-electron chi connectivity index (χ0n) is 6.60. The predicted octanol–water partition coefficient (Wildman–Crippen LogP) is 1.82. The maximum Gasteiger partial charge on any atom is 0.266 e. The van der Waals surface area contributed by atoms with Gasteiger partial charge in [0.05, 0.1) is 5.56 Å². The molecule has 1 aromatic heterocycles. The summed E-state index contributed by atoms with van der Waals surface area (Å²) in [6, 6.07) is 1.26. The third-order valence-electron chi connectivity index (χ3n) is 1.57. The second-order valence-electron chi connectivity index (χ2n) is 2.42. The summed E-state index contributed by atoms with van der Waals surface area (Å²) in [6.45, 7) is 0.103. The largest absolute Gasteiger partial charge is 0.383 e. The summed E-state index contributed by atoms with van der Waals surface area (Å²) >= 11 is 2.90. The fraction of sp³-hybridized carbons (Fsp3) is 0.286. The van der Waals surface area contributed by atoms with Gasteiger partial charge >= 0.3 is 0 Å². The van der Waals surface area contributed by atoms with E-state index in [-0.39, 0.29) is 22.5 Å². The van der Waals surface area contributed by atoms with Gasteiger partial charge in [0.2, 0.25) is 0 Å². The molecule has 1 rings (SSSR count). The number of halogens is 3. The van der Waals surface area contributed by atoms with Crippen LogP contribution >= 0.6 is 15.9 Å². The maximum absolute atomic E-state index is 12.3. The van der Waals surface area contributed by atoms with E-state index in [4.69, 9.17) is 11.5 Å². The van der Waals surface area contributed by atoms with Gasteiger partial charge in [-0.2, -0.15) is 0 Å². The summed E-state index contributed by atoms with van der Waals surface area (Å²) < 4.78 is 24.7. The number of pyridine rings is 1. The Bertz CT molecular complexity index is 317. The third-order valence-corrected chi connectivity index (χ3v) is 2.21. The predicted molar refractivity (Wildman–Crippen MR) is 49.2 cm³/mol. The van der Waals surface area contributed by atoms with Crippen molar-refractivity contribution in [3.63, 3.8) is 0 Å². The van der Waals surface area contributed by atoms with Crippen LogP contribution in [0.5, 0.6) is 0 Å². The molecule has 0 aliphatic heterocycles.